The van der Waals surface area contributed by atoms with Crippen LogP contribution in [-0.2, 0) is 0 Å². The van der Waals surface area contributed by atoms with Crippen LogP contribution in [0, 0.1) is 0 Å². The molecule has 0 unspecified atom stereocenters. The van der Waals surface area contributed by atoms with Crippen LogP contribution in [0.5, 0.6) is 11.5 Å². The number of nitrogens with two attached hydrogens (primary N) is 1. The van der Waals surface area contributed by atoms with Crippen molar-refractivity contribution in [3.63, 3.8) is 0 Å². The Hall–Kier alpha value is -1.95. The number of ether oxygens (including phenoxy) is 2. The number of hydrogen-bond acceptors (Lipinski definition) is 5. The Morgan fingerprint density at radius 1 is 1.25 bits per heavy atom. The normalized spacial score (nSPS) is 10.2. The maximum Gasteiger partial charge on any atom is 0.253 e. The fraction of sp³-hybridized carbons (Fsp3) is 0.500. The molecule has 0 atom stereocenters. The van der Waals surface area contributed by atoms with Crippen molar-refractivity contribution >= 4 is 11.6 Å². The maximum atomic E-state index is 12.1. The summed E-state index contributed by atoms with van der Waals surface area (Å²) in [6.45, 7) is 0.714. The van der Waals surface area contributed by atoms with Crippen molar-refractivity contribution < 1.29 is 19.4 Å². The van der Waals surface area contributed by atoms with Gasteiger partial charge in [0.25, 0.3) is 5.91 Å². The molecule has 1 amide bonds. The monoisotopic (exact) mass is 282 g/mol. The number of carbonyl (C=O) groups excluding carboxylic acids is 1. The van der Waals surface area contributed by atoms with Gasteiger partial charge in [-0.15, -0.1) is 0 Å². The largest absolute Gasteiger partial charge is 0.497 e. The van der Waals surface area contributed by atoms with Crippen LogP contribution in [-0.4, -0.2) is 38.4 Å². The first-order valence-electron chi connectivity index (χ1n) is 6.54. The summed E-state index contributed by atoms with van der Waals surface area (Å²) in [7, 11) is 3.00. The van der Waals surface area contributed by atoms with Crippen LogP contribution in [0.3, 0.4) is 0 Å². The highest BCUT2D eigenvalue weighted by Crippen LogP contribution is 2.30. The SMILES string of the molecule is COc1cc(OC)c(N)c(C(=O)NCCCCCO)c1. The molecule has 6 heteroatoms. The summed E-state index contributed by atoms with van der Waals surface area (Å²) in [6.07, 6.45) is 2.42. The quantitative estimate of drug-likeness (QED) is 0.491. The predicted molar refractivity (Wildman–Crippen MR) is 77.2 cm³/mol. The van der Waals surface area contributed by atoms with Crippen LogP contribution in [0.2, 0.25) is 0 Å². The van der Waals surface area contributed by atoms with Gasteiger partial charge in [-0.1, -0.05) is 0 Å². The molecule has 0 spiro atoms. The van der Waals surface area contributed by atoms with Crippen LogP contribution in [0.25, 0.3) is 0 Å². The number of benzene rings is 1. The van der Waals surface area contributed by atoms with E-state index in [2.05, 4.69) is 5.32 Å². The number of amides is 1. The van der Waals surface area contributed by atoms with Crippen molar-refractivity contribution in [3.8, 4) is 11.5 Å². The minimum Gasteiger partial charge on any atom is -0.497 e. The average molecular weight is 282 g/mol. The standard InChI is InChI=1S/C14H22N2O4/c1-19-10-8-11(13(15)12(9-10)20-2)14(18)16-6-4-3-5-7-17/h8-9,17H,3-7,15H2,1-2H3,(H,16,18). The number of rotatable bonds is 8. The third kappa shape index (κ3) is 4.31. The van der Waals surface area contributed by atoms with Crippen LogP contribution in [0.4, 0.5) is 5.69 Å². The van der Waals surface area contributed by atoms with Crippen LogP contribution in [0.15, 0.2) is 12.1 Å². The Morgan fingerprint density at radius 2 is 2.00 bits per heavy atom. The predicted octanol–water partition coefficient (Wildman–Crippen LogP) is 1.18. The van der Waals surface area contributed by atoms with Gasteiger partial charge >= 0.3 is 0 Å². The molecule has 0 radical (unpaired) electrons. The van der Waals surface area contributed by atoms with Gasteiger partial charge in [0, 0.05) is 19.2 Å². The second-order valence-corrected chi connectivity index (χ2v) is 4.33. The summed E-state index contributed by atoms with van der Waals surface area (Å²) < 4.78 is 10.2. The summed E-state index contributed by atoms with van der Waals surface area (Å²) in [5, 5.41) is 11.5. The number of hydrogen-bond donors (Lipinski definition) is 3. The average Bonchev–Trinajstić information content (AvgIpc) is 2.47. The second kappa shape index (κ2) is 8.27. The van der Waals surface area contributed by atoms with E-state index >= 15 is 0 Å². The zero-order valence-electron chi connectivity index (χ0n) is 11.9. The first kappa shape index (κ1) is 16.1. The van der Waals surface area contributed by atoms with Crippen molar-refractivity contribution in [2.45, 2.75) is 19.3 Å². The lowest BCUT2D eigenvalue weighted by Crippen LogP contribution is -2.25. The number of methoxy groups -OCH3 is 2. The minimum absolute atomic E-state index is 0.175. The molecule has 0 aliphatic heterocycles. The first-order valence-corrected chi connectivity index (χ1v) is 6.54. The molecular weight excluding hydrogens is 260 g/mol. The molecule has 20 heavy (non-hydrogen) atoms. The van der Waals surface area contributed by atoms with Gasteiger partial charge in [0.2, 0.25) is 0 Å². The highest BCUT2D eigenvalue weighted by Gasteiger charge is 2.15. The van der Waals surface area contributed by atoms with Crippen LogP contribution >= 0.6 is 0 Å². The molecule has 0 aliphatic carbocycles. The number of anilines is 1. The summed E-state index contributed by atoms with van der Waals surface area (Å²) in [6, 6.07) is 3.22. The molecule has 1 aromatic carbocycles. The molecule has 0 aliphatic rings. The Labute approximate surface area is 118 Å². The summed E-state index contributed by atoms with van der Waals surface area (Å²) in [5.74, 6) is 0.667. The molecule has 6 nitrogen and oxygen atoms in total. The lowest BCUT2D eigenvalue weighted by molar-refractivity contribution is 0.0953. The molecule has 0 heterocycles. The van der Waals surface area contributed by atoms with Crippen molar-refractivity contribution in [1.29, 1.82) is 0 Å². The summed E-state index contributed by atoms with van der Waals surface area (Å²) in [4.78, 5) is 12.1. The van der Waals surface area contributed by atoms with Gasteiger partial charge in [-0.25, -0.2) is 0 Å². The Bertz CT molecular complexity index is 449. The Morgan fingerprint density at radius 3 is 2.60 bits per heavy atom. The van der Waals surface area contributed by atoms with Gasteiger partial charge in [0.15, 0.2) is 0 Å². The number of unbranched alkanes of at least 4 members (excludes halogenated alkanes) is 2. The van der Waals surface area contributed by atoms with Gasteiger partial charge in [0.05, 0.1) is 25.5 Å². The van der Waals surface area contributed by atoms with Crippen molar-refractivity contribution in [1.82, 2.24) is 5.32 Å². The van der Waals surface area contributed by atoms with Gasteiger partial charge in [0.1, 0.15) is 11.5 Å². The molecule has 0 saturated carbocycles. The summed E-state index contributed by atoms with van der Waals surface area (Å²) >= 11 is 0. The van der Waals surface area contributed by atoms with E-state index in [4.69, 9.17) is 20.3 Å². The van der Waals surface area contributed by atoms with E-state index in [0.717, 1.165) is 19.3 Å². The number of aliphatic hydroxyl groups excluding tert-OH is 1. The van der Waals surface area contributed by atoms with Crippen molar-refractivity contribution in [2.75, 3.05) is 33.1 Å². The van der Waals surface area contributed by atoms with Crippen LogP contribution in [0.1, 0.15) is 29.6 Å². The number of nitrogen functional groups attached to an aromatic ring is 1. The molecule has 0 bridgehead atoms. The molecule has 112 valence electrons. The van der Waals surface area contributed by atoms with Gasteiger partial charge in [-0.3, -0.25) is 4.79 Å². The molecule has 4 N–H and O–H groups in total. The third-order valence-electron chi connectivity index (χ3n) is 2.94. The smallest absolute Gasteiger partial charge is 0.253 e. The minimum atomic E-state index is -0.260. The molecule has 1 aromatic rings. The van der Waals surface area contributed by atoms with E-state index in [1.807, 2.05) is 0 Å². The fourth-order valence-electron chi connectivity index (χ4n) is 1.79. The zero-order chi connectivity index (χ0) is 15.0. The summed E-state index contributed by atoms with van der Waals surface area (Å²) in [5.41, 5.74) is 6.53. The number of nitrogens with one attached hydrogen (secondary N) is 1. The zero-order valence-corrected chi connectivity index (χ0v) is 11.9. The van der Waals surface area contributed by atoms with Crippen LogP contribution < -0.4 is 20.5 Å². The first-order chi connectivity index (χ1) is 9.63. The van der Waals surface area contributed by atoms with E-state index in [9.17, 15) is 4.79 Å². The highest BCUT2D eigenvalue weighted by molar-refractivity contribution is 6.00. The van der Waals surface area contributed by atoms with E-state index in [1.165, 1.54) is 14.2 Å². The lowest BCUT2D eigenvalue weighted by atomic mass is 10.1. The number of carbonyl (C=O) groups is 1. The number of aliphatic hydroxyl groups is 1. The molecule has 0 saturated heterocycles. The van der Waals surface area contributed by atoms with E-state index in [1.54, 1.807) is 12.1 Å². The third-order valence-corrected chi connectivity index (χ3v) is 2.94. The second-order valence-electron chi connectivity index (χ2n) is 4.33. The van der Waals surface area contributed by atoms with E-state index in [0.29, 0.717) is 29.3 Å². The van der Waals surface area contributed by atoms with E-state index < -0.39 is 0 Å². The highest BCUT2D eigenvalue weighted by atomic mass is 16.5. The van der Waals surface area contributed by atoms with Crippen molar-refractivity contribution in [2.24, 2.45) is 0 Å². The van der Waals surface area contributed by atoms with Gasteiger partial charge in [-0.05, 0) is 25.3 Å². The Kier molecular flexibility index (Phi) is 6.66. The van der Waals surface area contributed by atoms with E-state index in [-0.39, 0.29) is 12.5 Å². The topological polar surface area (TPSA) is 93.8 Å². The van der Waals surface area contributed by atoms with Gasteiger partial charge < -0.3 is 25.6 Å². The van der Waals surface area contributed by atoms with Gasteiger partial charge in [-0.2, -0.15) is 0 Å². The lowest BCUT2D eigenvalue weighted by Gasteiger charge is -2.12. The molecule has 1 rings (SSSR count). The van der Waals surface area contributed by atoms with Crippen molar-refractivity contribution in [3.05, 3.63) is 17.7 Å². The molecular formula is C14H22N2O4. The Balaban J connectivity index is 2.71. The maximum absolute atomic E-state index is 12.1. The molecule has 0 fully saturated rings. The fourth-order valence-corrected chi connectivity index (χ4v) is 1.79. The molecule has 0 aromatic heterocycles.